The van der Waals surface area contributed by atoms with E-state index in [0.29, 0.717) is 32.6 Å². The number of piperazine rings is 1. The van der Waals surface area contributed by atoms with E-state index in [-0.39, 0.29) is 30.4 Å². The van der Waals surface area contributed by atoms with Gasteiger partial charge in [0.1, 0.15) is 23.6 Å². The number of hydrogen-bond acceptors (Lipinski definition) is 7. The maximum absolute atomic E-state index is 14.0. The number of benzene rings is 3. The summed E-state index contributed by atoms with van der Waals surface area (Å²) < 4.78 is 11.8. The number of hydrogen-bond donors (Lipinski definition) is 2. The molecule has 3 heterocycles. The van der Waals surface area contributed by atoms with E-state index in [4.69, 9.17) is 9.47 Å². The Morgan fingerprint density at radius 3 is 2.49 bits per heavy atom. The van der Waals surface area contributed by atoms with E-state index in [1.807, 2.05) is 53.4 Å². The van der Waals surface area contributed by atoms with Gasteiger partial charge in [0.2, 0.25) is 11.8 Å². The molecule has 0 aromatic heterocycles. The molecule has 0 radical (unpaired) electrons. The van der Waals surface area contributed by atoms with Crippen LogP contribution in [0.15, 0.2) is 72.8 Å². The SMILES string of the molecule is COc1ccc(CC(NC(=O)CC2NCc3ccccc32)C(=O)N2CCN(c3ccccc3O[C@H]3CCCN(C)C3)CC2)cc1. The van der Waals surface area contributed by atoms with Crippen LogP contribution in [0, 0.1) is 0 Å². The second-order valence-corrected chi connectivity index (χ2v) is 12.4. The second kappa shape index (κ2) is 14.3. The molecule has 6 rings (SSSR count). The van der Waals surface area contributed by atoms with Crippen molar-refractivity contribution in [3.8, 4) is 11.5 Å². The van der Waals surface area contributed by atoms with Crippen LogP contribution in [0.2, 0.25) is 0 Å². The summed E-state index contributed by atoms with van der Waals surface area (Å²) in [5.74, 6) is 1.49. The summed E-state index contributed by atoms with van der Waals surface area (Å²) >= 11 is 0. The van der Waals surface area contributed by atoms with Crippen LogP contribution in [-0.2, 0) is 22.6 Å². The predicted molar refractivity (Wildman–Crippen MR) is 176 cm³/mol. The molecule has 0 aliphatic carbocycles. The summed E-state index contributed by atoms with van der Waals surface area (Å²) in [7, 11) is 3.78. The summed E-state index contributed by atoms with van der Waals surface area (Å²) in [5, 5.41) is 6.56. The Morgan fingerprint density at radius 1 is 0.956 bits per heavy atom. The van der Waals surface area contributed by atoms with E-state index in [2.05, 4.69) is 51.7 Å². The van der Waals surface area contributed by atoms with Gasteiger partial charge >= 0.3 is 0 Å². The summed E-state index contributed by atoms with van der Waals surface area (Å²) in [4.78, 5) is 33.9. The number of nitrogens with zero attached hydrogens (tertiary/aromatic N) is 3. The molecule has 45 heavy (non-hydrogen) atoms. The van der Waals surface area contributed by atoms with Gasteiger partial charge in [-0.05, 0) is 67.4 Å². The lowest BCUT2D eigenvalue weighted by Crippen LogP contribution is -2.55. The van der Waals surface area contributed by atoms with Gasteiger partial charge in [-0.1, -0.05) is 48.5 Å². The Balaban J connectivity index is 1.11. The average Bonchev–Trinajstić information content (AvgIpc) is 3.47. The zero-order chi connectivity index (χ0) is 31.2. The minimum absolute atomic E-state index is 0.0478. The molecule has 9 heteroatoms. The molecule has 9 nitrogen and oxygen atoms in total. The lowest BCUT2D eigenvalue weighted by atomic mass is 10.0. The molecule has 0 saturated carbocycles. The Kier molecular flexibility index (Phi) is 9.86. The number of likely N-dealkylation sites (N-methyl/N-ethyl adjacent to an activating group) is 1. The highest BCUT2D eigenvalue weighted by Gasteiger charge is 2.31. The van der Waals surface area contributed by atoms with Gasteiger partial charge in [-0.25, -0.2) is 0 Å². The lowest BCUT2D eigenvalue weighted by molar-refractivity contribution is -0.136. The standard InChI is InChI=1S/C36H45N5O4/c1-39-17-7-9-29(25-39)45-34-12-6-5-11-33(34)40-18-20-41(21-19-40)36(43)32(22-26-13-15-28(44-2)16-14-26)38-35(42)23-31-30-10-4-3-8-27(30)24-37-31/h3-6,8,10-16,29,31-32,37H,7,9,17-25H2,1-2H3,(H,38,42)/t29-,31?,32?/m0/s1. The molecule has 3 aromatic rings. The van der Waals surface area contributed by atoms with Gasteiger partial charge in [0.25, 0.3) is 0 Å². The maximum atomic E-state index is 14.0. The van der Waals surface area contributed by atoms with E-state index in [1.165, 1.54) is 5.56 Å². The molecule has 2 unspecified atom stereocenters. The van der Waals surface area contributed by atoms with Gasteiger partial charge < -0.3 is 34.8 Å². The smallest absolute Gasteiger partial charge is 0.245 e. The average molecular weight is 612 g/mol. The second-order valence-electron chi connectivity index (χ2n) is 12.4. The Hall–Kier alpha value is -4.08. The fourth-order valence-corrected chi connectivity index (χ4v) is 6.80. The number of fused-ring (bicyclic) bond motifs is 1. The Morgan fingerprint density at radius 2 is 1.71 bits per heavy atom. The summed E-state index contributed by atoms with van der Waals surface area (Å²) in [6.07, 6.45) is 3.08. The quantitative estimate of drug-likeness (QED) is 0.361. The number of carbonyl (C=O) groups excluding carboxylic acids is 2. The number of amides is 2. The molecular formula is C36H45N5O4. The fraction of sp³-hybridized carbons (Fsp3) is 0.444. The number of para-hydroxylation sites is 2. The van der Waals surface area contributed by atoms with Crippen LogP contribution in [0.25, 0.3) is 0 Å². The molecule has 238 valence electrons. The third-order valence-corrected chi connectivity index (χ3v) is 9.26. The first kappa shape index (κ1) is 30.9. The largest absolute Gasteiger partial charge is 0.497 e. The van der Waals surface area contributed by atoms with Crippen molar-refractivity contribution in [3.05, 3.63) is 89.5 Å². The van der Waals surface area contributed by atoms with Gasteiger partial charge in [0, 0.05) is 58.2 Å². The third kappa shape index (κ3) is 7.60. The van der Waals surface area contributed by atoms with Gasteiger partial charge in [0.15, 0.2) is 0 Å². The molecule has 3 atom stereocenters. The predicted octanol–water partition coefficient (Wildman–Crippen LogP) is 3.78. The van der Waals surface area contributed by atoms with Gasteiger partial charge in [-0.15, -0.1) is 0 Å². The van der Waals surface area contributed by atoms with Crippen molar-refractivity contribution in [1.82, 2.24) is 20.4 Å². The van der Waals surface area contributed by atoms with E-state index in [1.54, 1.807) is 7.11 Å². The molecular weight excluding hydrogens is 566 g/mol. The van der Waals surface area contributed by atoms with Crippen molar-refractivity contribution in [2.45, 2.75) is 50.4 Å². The van der Waals surface area contributed by atoms with Crippen LogP contribution in [0.1, 0.15) is 42.0 Å². The lowest BCUT2D eigenvalue weighted by Gasteiger charge is -2.39. The Labute approximate surface area is 266 Å². The topological polar surface area (TPSA) is 86.4 Å². The van der Waals surface area contributed by atoms with Crippen LogP contribution in [0.3, 0.4) is 0 Å². The van der Waals surface area contributed by atoms with E-state index in [9.17, 15) is 9.59 Å². The van der Waals surface area contributed by atoms with Crippen LogP contribution >= 0.6 is 0 Å². The van der Waals surface area contributed by atoms with Crippen LogP contribution < -0.4 is 25.0 Å². The van der Waals surface area contributed by atoms with Crippen molar-refractivity contribution in [2.24, 2.45) is 0 Å². The van der Waals surface area contributed by atoms with Gasteiger partial charge in [0.05, 0.1) is 12.8 Å². The summed E-state index contributed by atoms with van der Waals surface area (Å²) in [6.45, 7) is 5.34. The number of carbonyl (C=O) groups is 2. The number of likely N-dealkylation sites (tertiary alicyclic amines) is 1. The number of rotatable bonds is 10. The zero-order valence-corrected chi connectivity index (χ0v) is 26.4. The summed E-state index contributed by atoms with van der Waals surface area (Å²) in [6, 6.07) is 23.4. The third-order valence-electron chi connectivity index (χ3n) is 9.26. The Bertz CT molecular complexity index is 1460. The van der Waals surface area contributed by atoms with Gasteiger partial charge in [-0.3, -0.25) is 9.59 Å². The van der Waals surface area contributed by atoms with Crippen LogP contribution in [-0.4, -0.2) is 87.2 Å². The molecule has 2 amide bonds. The number of anilines is 1. The summed E-state index contributed by atoms with van der Waals surface area (Å²) in [5.41, 5.74) is 4.42. The van der Waals surface area contributed by atoms with E-state index >= 15 is 0 Å². The molecule has 2 fully saturated rings. The first-order chi connectivity index (χ1) is 22.0. The minimum atomic E-state index is -0.659. The van der Waals surface area contributed by atoms with Crippen LogP contribution in [0.5, 0.6) is 11.5 Å². The zero-order valence-electron chi connectivity index (χ0n) is 26.4. The number of nitrogens with one attached hydrogen (secondary N) is 2. The number of piperidine rings is 1. The first-order valence-corrected chi connectivity index (χ1v) is 16.2. The number of methoxy groups -OCH3 is 1. The normalized spacial score (nSPS) is 20.8. The van der Waals surface area contributed by atoms with E-state index < -0.39 is 6.04 Å². The van der Waals surface area contributed by atoms with Crippen molar-refractivity contribution >= 4 is 17.5 Å². The fourth-order valence-electron chi connectivity index (χ4n) is 6.80. The minimum Gasteiger partial charge on any atom is -0.497 e. The first-order valence-electron chi connectivity index (χ1n) is 16.2. The maximum Gasteiger partial charge on any atom is 0.245 e. The molecule has 0 spiro atoms. The van der Waals surface area contributed by atoms with Gasteiger partial charge in [-0.2, -0.15) is 0 Å². The highest BCUT2D eigenvalue weighted by molar-refractivity contribution is 5.88. The molecule has 0 bridgehead atoms. The molecule has 3 aromatic carbocycles. The van der Waals surface area contributed by atoms with E-state index in [0.717, 1.165) is 60.8 Å². The van der Waals surface area contributed by atoms with Crippen molar-refractivity contribution < 1.29 is 19.1 Å². The van der Waals surface area contributed by atoms with Crippen molar-refractivity contribution in [1.29, 1.82) is 0 Å². The molecule has 2 saturated heterocycles. The molecule has 2 N–H and O–H groups in total. The molecule has 3 aliphatic rings. The molecule has 3 aliphatic heterocycles. The highest BCUT2D eigenvalue weighted by atomic mass is 16.5. The highest BCUT2D eigenvalue weighted by Crippen LogP contribution is 2.31. The van der Waals surface area contributed by atoms with Crippen LogP contribution in [0.4, 0.5) is 5.69 Å². The monoisotopic (exact) mass is 611 g/mol. The van der Waals surface area contributed by atoms with Crippen molar-refractivity contribution in [2.75, 3.05) is 58.3 Å². The van der Waals surface area contributed by atoms with Crippen molar-refractivity contribution in [3.63, 3.8) is 0 Å². The number of ether oxygens (including phenoxy) is 2.